The molecule has 1 aromatic carbocycles. The second-order valence-corrected chi connectivity index (χ2v) is 8.84. The van der Waals surface area contributed by atoms with Crippen molar-refractivity contribution in [3.05, 3.63) is 60.1 Å². The van der Waals surface area contributed by atoms with Crippen molar-refractivity contribution in [2.75, 3.05) is 0 Å². The van der Waals surface area contributed by atoms with Crippen LogP contribution in [0.15, 0.2) is 53.0 Å². The molecule has 7 heteroatoms. The molecule has 6 nitrogen and oxygen atoms in total. The maximum atomic E-state index is 13.1. The Morgan fingerprint density at radius 1 is 1.06 bits per heavy atom. The van der Waals surface area contributed by atoms with Crippen LogP contribution in [0.4, 0.5) is 4.39 Å². The van der Waals surface area contributed by atoms with Crippen molar-refractivity contribution in [1.29, 1.82) is 0 Å². The molecular weight excluding hydrogens is 411 g/mol. The first-order valence-electron chi connectivity index (χ1n) is 11.0. The van der Waals surface area contributed by atoms with E-state index in [9.17, 15) is 18.8 Å². The van der Waals surface area contributed by atoms with E-state index in [4.69, 9.17) is 4.42 Å². The van der Waals surface area contributed by atoms with Gasteiger partial charge in [0.25, 0.3) is 0 Å². The van der Waals surface area contributed by atoms with Gasteiger partial charge >= 0.3 is 0 Å². The highest BCUT2D eigenvalue weighted by Gasteiger charge is 2.51. The van der Waals surface area contributed by atoms with E-state index in [-0.39, 0.29) is 47.8 Å². The molecule has 2 aliphatic rings. The molecule has 1 saturated heterocycles. The van der Waals surface area contributed by atoms with Gasteiger partial charge in [-0.15, -0.1) is 0 Å². The Kier molecular flexibility index (Phi) is 6.26. The average Bonchev–Trinajstić information content (AvgIpc) is 3.34. The molecule has 3 unspecified atom stereocenters. The van der Waals surface area contributed by atoms with E-state index in [1.54, 1.807) is 24.3 Å². The summed E-state index contributed by atoms with van der Waals surface area (Å²) >= 11 is 0. The molecule has 1 fully saturated rings. The number of imide groups is 1. The summed E-state index contributed by atoms with van der Waals surface area (Å²) in [4.78, 5) is 40.3. The molecule has 3 atom stereocenters. The van der Waals surface area contributed by atoms with Crippen molar-refractivity contribution in [2.24, 2.45) is 17.8 Å². The zero-order valence-corrected chi connectivity index (χ0v) is 18.2. The molecule has 32 heavy (non-hydrogen) atoms. The molecule has 3 amide bonds. The highest BCUT2D eigenvalue weighted by molar-refractivity contribution is 6.08. The van der Waals surface area contributed by atoms with Gasteiger partial charge < -0.3 is 9.73 Å². The Balaban J connectivity index is 1.46. The average molecular weight is 438 g/mol. The number of likely N-dealkylation sites (tertiary alicyclic amines) is 1. The minimum atomic E-state index is -0.841. The largest absolute Gasteiger partial charge is 0.459 e. The molecule has 0 bridgehead atoms. The zero-order valence-electron chi connectivity index (χ0n) is 18.2. The number of allylic oxidation sites excluding steroid dienone is 2. The third-order valence-electron chi connectivity index (χ3n) is 6.08. The van der Waals surface area contributed by atoms with E-state index in [1.807, 2.05) is 26.0 Å². The maximum absolute atomic E-state index is 13.1. The fourth-order valence-electron chi connectivity index (χ4n) is 4.44. The SMILES string of the molecule is CC(C)CC(C(=O)NCc1ccc(-c2ccc(F)cc2)o1)N1C(=O)C2CC=CCC2C1=O. The molecule has 4 rings (SSSR count). The van der Waals surface area contributed by atoms with Gasteiger partial charge in [0, 0.05) is 5.56 Å². The summed E-state index contributed by atoms with van der Waals surface area (Å²) in [5.41, 5.74) is 0.728. The fourth-order valence-corrected chi connectivity index (χ4v) is 4.44. The van der Waals surface area contributed by atoms with Crippen LogP contribution in [0.3, 0.4) is 0 Å². The molecule has 1 aliphatic heterocycles. The number of halogens is 1. The monoisotopic (exact) mass is 438 g/mol. The molecule has 1 aliphatic carbocycles. The number of furan rings is 1. The van der Waals surface area contributed by atoms with Crippen molar-refractivity contribution in [3.8, 4) is 11.3 Å². The van der Waals surface area contributed by atoms with Crippen LogP contribution < -0.4 is 5.32 Å². The van der Waals surface area contributed by atoms with Gasteiger partial charge in [-0.3, -0.25) is 19.3 Å². The van der Waals surface area contributed by atoms with Crippen LogP contribution >= 0.6 is 0 Å². The third-order valence-corrected chi connectivity index (χ3v) is 6.08. The third kappa shape index (κ3) is 4.38. The van der Waals surface area contributed by atoms with Gasteiger partial charge in [-0.25, -0.2) is 4.39 Å². The topological polar surface area (TPSA) is 79.6 Å². The summed E-state index contributed by atoms with van der Waals surface area (Å²) < 4.78 is 18.9. The Bertz CT molecular complexity index is 1010. The summed E-state index contributed by atoms with van der Waals surface area (Å²) in [5.74, 6) is -0.703. The molecule has 1 aromatic heterocycles. The van der Waals surface area contributed by atoms with Gasteiger partial charge in [0.1, 0.15) is 23.4 Å². The Hall–Kier alpha value is -3.22. The van der Waals surface area contributed by atoms with E-state index in [1.165, 1.54) is 17.0 Å². The van der Waals surface area contributed by atoms with Gasteiger partial charge in [0.2, 0.25) is 17.7 Å². The zero-order chi connectivity index (χ0) is 22.8. The molecule has 2 heterocycles. The van der Waals surface area contributed by atoms with Gasteiger partial charge in [-0.05, 0) is 61.6 Å². The number of carbonyl (C=O) groups is 3. The number of benzene rings is 1. The number of fused-ring (bicyclic) bond motifs is 1. The minimum absolute atomic E-state index is 0.124. The van der Waals surface area contributed by atoms with E-state index in [0.29, 0.717) is 30.8 Å². The van der Waals surface area contributed by atoms with Crippen LogP contribution in [0.1, 0.15) is 38.9 Å². The van der Waals surface area contributed by atoms with Crippen LogP contribution in [0, 0.1) is 23.6 Å². The van der Waals surface area contributed by atoms with Crippen LogP contribution in [-0.4, -0.2) is 28.7 Å². The lowest BCUT2D eigenvalue weighted by Gasteiger charge is -2.27. The lowest BCUT2D eigenvalue weighted by Crippen LogP contribution is -2.50. The Morgan fingerprint density at radius 3 is 2.28 bits per heavy atom. The van der Waals surface area contributed by atoms with E-state index < -0.39 is 6.04 Å². The molecule has 0 saturated carbocycles. The number of hydrogen-bond donors (Lipinski definition) is 1. The highest BCUT2D eigenvalue weighted by Crippen LogP contribution is 2.37. The van der Waals surface area contributed by atoms with Crippen LogP contribution in [0.2, 0.25) is 0 Å². The van der Waals surface area contributed by atoms with Crippen molar-refractivity contribution in [2.45, 2.75) is 45.7 Å². The quantitative estimate of drug-likeness (QED) is 0.522. The number of hydrogen-bond acceptors (Lipinski definition) is 4. The van der Waals surface area contributed by atoms with Crippen molar-refractivity contribution in [1.82, 2.24) is 10.2 Å². The highest BCUT2D eigenvalue weighted by atomic mass is 19.1. The Morgan fingerprint density at radius 2 is 1.69 bits per heavy atom. The molecule has 2 aromatic rings. The predicted molar refractivity (Wildman–Crippen MR) is 116 cm³/mol. The summed E-state index contributed by atoms with van der Waals surface area (Å²) in [6, 6.07) is 8.60. The first kappa shape index (κ1) is 22.0. The normalized spacial score (nSPS) is 21.2. The smallest absolute Gasteiger partial charge is 0.243 e. The molecule has 0 spiro atoms. The van der Waals surface area contributed by atoms with Crippen molar-refractivity contribution in [3.63, 3.8) is 0 Å². The van der Waals surface area contributed by atoms with Crippen molar-refractivity contribution >= 4 is 17.7 Å². The number of carbonyl (C=O) groups excluding carboxylic acids is 3. The van der Waals surface area contributed by atoms with Crippen LogP contribution in [-0.2, 0) is 20.9 Å². The molecule has 168 valence electrons. The summed E-state index contributed by atoms with van der Waals surface area (Å²) in [6.45, 7) is 4.04. The summed E-state index contributed by atoms with van der Waals surface area (Å²) in [5, 5.41) is 2.82. The second kappa shape index (κ2) is 9.10. The van der Waals surface area contributed by atoms with Gasteiger partial charge in [0.05, 0.1) is 18.4 Å². The lowest BCUT2D eigenvalue weighted by atomic mass is 9.85. The number of nitrogens with one attached hydrogen (secondary N) is 1. The van der Waals surface area contributed by atoms with Gasteiger partial charge in [-0.2, -0.15) is 0 Å². The second-order valence-electron chi connectivity index (χ2n) is 8.84. The lowest BCUT2D eigenvalue weighted by molar-refractivity contribution is -0.148. The van der Waals surface area contributed by atoms with Gasteiger partial charge in [0.15, 0.2) is 0 Å². The molecule has 1 N–H and O–H groups in total. The van der Waals surface area contributed by atoms with E-state index in [2.05, 4.69) is 5.32 Å². The van der Waals surface area contributed by atoms with Crippen LogP contribution in [0.25, 0.3) is 11.3 Å². The Labute approximate surface area is 186 Å². The summed E-state index contributed by atoms with van der Waals surface area (Å²) in [7, 11) is 0. The number of nitrogens with zero attached hydrogens (tertiary/aromatic N) is 1. The number of rotatable bonds is 7. The van der Waals surface area contributed by atoms with Gasteiger partial charge in [-0.1, -0.05) is 26.0 Å². The predicted octanol–water partition coefficient (Wildman–Crippen LogP) is 4.07. The maximum Gasteiger partial charge on any atom is 0.243 e. The first-order chi connectivity index (χ1) is 15.3. The standard InChI is InChI=1S/C25H27FN2O4/c1-15(2)13-21(28-24(30)19-5-3-4-6-20(19)25(28)31)23(29)27-14-18-11-12-22(32-18)16-7-9-17(26)10-8-16/h3-4,7-12,15,19-21H,5-6,13-14H2,1-2H3,(H,27,29). The fraction of sp³-hybridized carbons (Fsp3) is 0.400. The van der Waals surface area contributed by atoms with Crippen molar-refractivity contribution < 1.29 is 23.2 Å². The summed E-state index contributed by atoms with van der Waals surface area (Å²) in [6.07, 6.45) is 5.35. The van der Waals surface area contributed by atoms with E-state index in [0.717, 1.165) is 5.56 Å². The number of amides is 3. The first-order valence-corrected chi connectivity index (χ1v) is 11.0. The minimum Gasteiger partial charge on any atom is -0.459 e. The van der Waals surface area contributed by atoms with Crippen LogP contribution in [0.5, 0.6) is 0 Å². The molecular formula is C25H27FN2O4. The molecule has 0 radical (unpaired) electrons. The van der Waals surface area contributed by atoms with E-state index >= 15 is 0 Å².